The second kappa shape index (κ2) is 11.7. The third kappa shape index (κ3) is 7.38. The lowest BCUT2D eigenvalue weighted by molar-refractivity contribution is 0.328. The van der Waals surface area contributed by atoms with E-state index in [-0.39, 0.29) is 24.0 Å². The van der Waals surface area contributed by atoms with Gasteiger partial charge in [0, 0.05) is 32.7 Å². The number of aliphatic imine (C=N–C) groups is 1. The molecule has 0 amide bonds. The fourth-order valence-electron chi connectivity index (χ4n) is 2.99. The van der Waals surface area contributed by atoms with Crippen LogP contribution in [0.4, 0.5) is 0 Å². The molecule has 1 fully saturated rings. The van der Waals surface area contributed by atoms with Gasteiger partial charge in [0.15, 0.2) is 5.96 Å². The fourth-order valence-corrected chi connectivity index (χ4v) is 2.99. The second-order valence-electron chi connectivity index (χ2n) is 6.60. The van der Waals surface area contributed by atoms with Crippen molar-refractivity contribution in [3.63, 3.8) is 0 Å². The number of hydrogen-bond donors (Lipinski definition) is 2. The molecule has 1 aromatic rings. The minimum Gasteiger partial charge on any atom is -0.356 e. The van der Waals surface area contributed by atoms with Crippen molar-refractivity contribution in [3.05, 3.63) is 35.9 Å². The Morgan fingerprint density at radius 1 is 1.33 bits per heavy atom. The van der Waals surface area contributed by atoms with Gasteiger partial charge in [0.2, 0.25) is 0 Å². The maximum atomic E-state index is 4.31. The van der Waals surface area contributed by atoms with Gasteiger partial charge in [-0.15, -0.1) is 24.0 Å². The standard InChI is InChI=1S/C19H32N4.HI/c1-4-16(2)22-19(20-3)21-14-18-11-13-23(15-18)12-10-17-8-6-5-7-9-17;/h5-9,16,18H,4,10-15H2,1-3H3,(H2,20,21,22);1H. The van der Waals surface area contributed by atoms with Crippen molar-refractivity contribution in [2.75, 3.05) is 33.2 Å². The van der Waals surface area contributed by atoms with Crippen LogP contribution in [0.1, 0.15) is 32.3 Å². The van der Waals surface area contributed by atoms with E-state index >= 15 is 0 Å². The number of benzene rings is 1. The van der Waals surface area contributed by atoms with Crippen LogP contribution >= 0.6 is 24.0 Å². The number of hydrogen-bond acceptors (Lipinski definition) is 2. The molecule has 2 atom stereocenters. The second-order valence-corrected chi connectivity index (χ2v) is 6.60. The zero-order chi connectivity index (χ0) is 16.5. The van der Waals surface area contributed by atoms with Crippen molar-refractivity contribution in [2.24, 2.45) is 10.9 Å². The van der Waals surface area contributed by atoms with Crippen molar-refractivity contribution in [2.45, 2.75) is 39.2 Å². The van der Waals surface area contributed by atoms with Gasteiger partial charge in [-0.2, -0.15) is 0 Å². The quantitative estimate of drug-likeness (QED) is 0.386. The highest BCUT2D eigenvalue weighted by atomic mass is 127. The molecule has 2 N–H and O–H groups in total. The maximum Gasteiger partial charge on any atom is 0.191 e. The predicted octanol–water partition coefficient (Wildman–Crippen LogP) is 3.13. The Bertz CT molecular complexity index is 478. The highest BCUT2D eigenvalue weighted by Gasteiger charge is 2.22. The van der Waals surface area contributed by atoms with Gasteiger partial charge in [-0.05, 0) is 44.2 Å². The molecule has 24 heavy (non-hydrogen) atoms. The summed E-state index contributed by atoms with van der Waals surface area (Å²) in [6.07, 6.45) is 3.54. The number of rotatable bonds is 7. The van der Waals surface area contributed by atoms with Gasteiger partial charge < -0.3 is 15.5 Å². The zero-order valence-electron chi connectivity index (χ0n) is 15.3. The van der Waals surface area contributed by atoms with Gasteiger partial charge >= 0.3 is 0 Å². The molecule has 0 saturated carbocycles. The third-order valence-corrected chi connectivity index (χ3v) is 4.71. The van der Waals surface area contributed by atoms with Gasteiger partial charge in [0.25, 0.3) is 0 Å². The van der Waals surface area contributed by atoms with Crippen molar-refractivity contribution in [1.82, 2.24) is 15.5 Å². The molecule has 1 aromatic carbocycles. The van der Waals surface area contributed by atoms with Crippen LogP contribution < -0.4 is 10.6 Å². The summed E-state index contributed by atoms with van der Waals surface area (Å²) in [4.78, 5) is 6.90. The lowest BCUT2D eigenvalue weighted by Gasteiger charge is -2.19. The molecule has 4 nitrogen and oxygen atoms in total. The number of nitrogens with zero attached hydrogens (tertiary/aromatic N) is 2. The van der Waals surface area contributed by atoms with Crippen molar-refractivity contribution in [1.29, 1.82) is 0 Å². The minimum atomic E-state index is 0. The Morgan fingerprint density at radius 3 is 2.75 bits per heavy atom. The van der Waals surface area contributed by atoms with Gasteiger partial charge in [0.05, 0.1) is 0 Å². The van der Waals surface area contributed by atoms with E-state index in [1.165, 1.54) is 31.6 Å². The van der Waals surface area contributed by atoms with Crippen LogP contribution in [0, 0.1) is 5.92 Å². The predicted molar refractivity (Wildman–Crippen MR) is 114 cm³/mol. The van der Waals surface area contributed by atoms with Crippen LogP contribution in [0.15, 0.2) is 35.3 Å². The van der Waals surface area contributed by atoms with E-state index < -0.39 is 0 Å². The molecule has 0 aromatic heterocycles. The average molecular weight is 444 g/mol. The Hall–Kier alpha value is -0.820. The van der Waals surface area contributed by atoms with E-state index in [1.807, 2.05) is 7.05 Å². The summed E-state index contributed by atoms with van der Waals surface area (Å²) < 4.78 is 0. The van der Waals surface area contributed by atoms with Crippen LogP contribution in [0.3, 0.4) is 0 Å². The van der Waals surface area contributed by atoms with Crippen molar-refractivity contribution >= 4 is 29.9 Å². The van der Waals surface area contributed by atoms with Crippen LogP contribution in [0.25, 0.3) is 0 Å². The third-order valence-electron chi connectivity index (χ3n) is 4.71. The highest BCUT2D eigenvalue weighted by Crippen LogP contribution is 2.16. The van der Waals surface area contributed by atoms with Crippen molar-refractivity contribution < 1.29 is 0 Å². The van der Waals surface area contributed by atoms with Crippen LogP contribution in [-0.4, -0.2) is 50.1 Å². The van der Waals surface area contributed by atoms with Gasteiger partial charge in [-0.3, -0.25) is 4.99 Å². The van der Waals surface area contributed by atoms with E-state index in [9.17, 15) is 0 Å². The average Bonchev–Trinajstić information content (AvgIpc) is 3.05. The smallest absolute Gasteiger partial charge is 0.191 e. The molecule has 136 valence electrons. The first kappa shape index (κ1) is 21.2. The van der Waals surface area contributed by atoms with Gasteiger partial charge in [-0.25, -0.2) is 0 Å². The topological polar surface area (TPSA) is 39.7 Å². The molecule has 1 saturated heterocycles. The summed E-state index contributed by atoms with van der Waals surface area (Å²) in [6, 6.07) is 11.2. The molecule has 0 radical (unpaired) electrons. The first-order chi connectivity index (χ1) is 11.2. The lowest BCUT2D eigenvalue weighted by Crippen LogP contribution is -2.44. The number of likely N-dealkylation sites (tertiary alicyclic amines) is 1. The summed E-state index contributed by atoms with van der Waals surface area (Å²) >= 11 is 0. The Labute approximate surface area is 164 Å². The molecular formula is C19H33IN4. The first-order valence-electron chi connectivity index (χ1n) is 8.94. The summed E-state index contributed by atoms with van der Waals surface area (Å²) in [6.45, 7) is 8.97. The maximum absolute atomic E-state index is 4.31. The number of nitrogens with one attached hydrogen (secondary N) is 2. The first-order valence-corrected chi connectivity index (χ1v) is 8.94. The SMILES string of the molecule is CCC(C)NC(=NC)NCC1CCN(CCc2ccccc2)C1.I. The van der Waals surface area contributed by atoms with Crippen LogP contribution in [0.5, 0.6) is 0 Å². The highest BCUT2D eigenvalue weighted by molar-refractivity contribution is 14.0. The Morgan fingerprint density at radius 2 is 2.08 bits per heavy atom. The van der Waals surface area contributed by atoms with E-state index in [0.29, 0.717) is 6.04 Å². The van der Waals surface area contributed by atoms with E-state index in [4.69, 9.17) is 0 Å². The zero-order valence-corrected chi connectivity index (χ0v) is 17.6. The fraction of sp³-hybridized carbons (Fsp3) is 0.632. The van der Waals surface area contributed by atoms with Crippen molar-refractivity contribution in [3.8, 4) is 0 Å². The summed E-state index contributed by atoms with van der Waals surface area (Å²) in [5.41, 5.74) is 1.44. The minimum absolute atomic E-state index is 0. The van der Waals surface area contributed by atoms with Crippen LogP contribution in [-0.2, 0) is 6.42 Å². The summed E-state index contributed by atoms with van der Waals surface area (Å²) in [7, 11) is 1.85. The van der Waals surface area contributed by atoms with E-state index in [2.05, 4.69) is 64.7 Å². The van der Waals surface area contributed by atoms with E-state index in [1.54, 1.807) is 0 Å². The molecule has 1 aliphatic rings. The summed E-state index contributed by atoms with van der Waals surface area (Å²) in [5, 5.41) is 6.91. The normalized spacial score (nSPS) is 19.6. The molecule has 0 bridgehead atoms. The molecule has 2 rings (SSSR count). The lowest BCUT2D eigenvalue weighted by atomic mass is 10.1. The molecule has 0 spiro atoms. The molecule has 1 heterocycles. The molecular weight excluding hydrogens is 411 g/mol. The number of guanidine groups is 1. The molecule has 5 heteroatoms. The molecule has 0 aliphatic carbocycles. The number of halogens is 1. The monoisotopic (exact) mass is 444 g/mol. The summed E-state index contributed by atoms with van der Waals surface area (Å²) in [5.74, 6) is 1.66. The van der Waals surface area contributed by atoms with Crippen LogP contribution in [0.2, 0.25) is 0 Å². The molecule has 2 unspecified atom stereocenters. The molecule has 1 aliphatic heterocycles. The Kier molecular flexibility index (Phi) is 10.3. The van der Waals surface area contributed by atoms with Gasteiger partial charge in [-0.1, -0.05) is 37.3 Å². The Balaban J connectivity index is 0.00000288. The largest absolute Gasteiger partial charge is 0.356 e. The van der Waals surface area contributed by atoms with E-state index in [0.717, 1.165) is 31.3 Å². The van der Waals surface area contributed by atoms with Gasteiger partial charge in [0.1, 0.15) is 0 Å².